The van der Waals surface area contributed by atoms with Crippen LogP contribution in [0.15, 0.2) is 35.3 Å². The largest absolute Gasteiger partial charge is 0.481 e. The average Bonchev–Trinajstić information content (AvgIpc) is 2.90. The molecule has 0 amide bonds. The number of aryl methyl sites for hydroxylation is 2. The van der Waals surface area contributed by atoms with Crippen molar-refractivity contribution in [2.75, 3.05) is 21.2 Å². The molecular weight excluding hydrogens is 429 g/mol. The smallest absolute Gasteiger partial charge is 0.216 e. The number of hydrogen-bond donors (Lipinski definition) is 1. The fourth-order valence-electron chi connectivity index (χ4n) is 2.60. The Morgan fingerprint density at radius 3 is 2.52 bits per heavy atom. The zero-order chi connectivity index (χ0) is 17.5. The summed E-state index contributed by atoms with van der Waals surface area (Å²) in [4.78, 5) is 6.67. The monoisotopic (exact) mass is 457 g/mol. The Balaban J connectivity index is 0.00000312. The van der Waals surface area contributed by atoms with E-state index in [1.807, 2.05) is 44.2 Å². The molecule has 0 saturated carbocycles. The molecule has 0 aliphatic carbocycles. The fraction of sp³-hybridized carbons (Fsp3) is 0.444. The Kier molecular flexibility index (Phi) is 8.74. The lowest BCUT2D eigenvalue weighted by atomic mass is 10.2. The minimum absolute atomic E-state index is 0. The number of aromatic nitrogens is 2. The van der Waals surface area contributed by atoms with Crippen LogP contribution >= 0.6 is 24.0 Å². The summed E-state index contributed by atoms with van der Waals surface area (Å²) in [5.74, 6) is 1.63. The van der Waals surface area contributed by atoms with Crippen LogP contribution in [0.2, 0.25) is 0 Å². The van der Waals surface area contributed by atoms with Crippen molar-refractivity contribution < 1.29 is 4.74 Å². The van der Waals surface area contributed by atoms with Crippen LogP contribution in [0.1, 0.15) is 23.7 Å². The molecule has 0 spiro atoms. The Morgan fingerprint density at radius 2 is 1.96 bits per heavy atom. The van der Waals surface area contributed by atoms with Crippen molar-refractivity contribution in [3.63, 3.8) is 0 Å². The molecule has 0 unspecified atom stereocenters. The maximum Gasteiger partial charge on any atom is 0.216 e. The van der Waals surface area contributed by atoms with Gasteiger partial charge in [-0.3, -0.25) is 0 Å². The van der Waals surface area contributed by atoms with Gasteiger partial charge in [-0.25, -0.2) is 9.67 Å². The molecule has 0 saturated heterocycles. The third-order valence-corrected chi connectivity index (χ3v) is 3.80. The fourth-order valence-corrected chi connectivity index (χ4v) is 2.60. The van der Waals surface area contributed by atoms with Gasteiger partial charge in [-0.2, -0.15) is 5.10 Å². The van der Waals surface area contributed by atoms with Crippen LogP contribution in [0.3, 0.4) is 0 Å². The number of benzene rings is 1. The standard InChI is InChI=1S/C18H27N5O.HI/c1-6-16-15(17(24-5)23(4)21-16)13-20-18(22(2)3)19-12-14-10-8-7-9-11-14;/h7-11H,6,12-13H2,1-5H3,(H,19,20);1H. The minimum Gasteiger partial charge on any atom is -0.481 e. The lowest BCUT2D eigenvalue weighted by molar-refractivity contribution is 0.368. The van der Waals surface area contributed by atoms with Crippen LogP contribution in [-0.2, 0) is 26.6 Å². The topological polar surface area (TPSA) is 54.7 Å². The molecule has 1 aromatic heterocycles. The van der Waals surface area contributed by atoms with Crippen molar-refractivity contribution >= 4 is 29.9 Å². The molecule has 0 atom stereocenters. The molecule has 1 aromatic carbocycles. The van der Waals surface area contributed by atoms with E-state index >= 15 is 0 Å². The van der Waals surface area contributed by atoms with Gasteiger partial charge in [0.1, 0.15) is 0 Å². The van der Waals surface area contributed by atoms with E-state index in [0.717, 1.165) is 29.5 Å². The highest BCUT2D eigenvalue weighted by Crippen LogP contribution is 2.21. The zero-order valence-electron chi connectivity index (χ0n) is 15.6. The van der Waals surface area contributed by atoms with E-state index in [4.69, 9.17) is 4.74 Å². The predicted molar refractivity (Wildman–Crippen MR) is 113 cm³/mol. The van der Waals surface area contributed by atoms with Gasteiger partial charge in [0.15, 0.2) is 5.96 Å². The van der Waals surface area contributed by atoms with E-state index in [2.05, 4.69) is 34.5 Å². The van der Waals surface area contributed by atoms with Crippen LogP contribution in [0.25, 0.3) is 0 Å². The third kappa shape index (κ3) is 5.62. The molecule has 6 nitrogen and oxygen atoms in total. The number of aliphatic imine (C=N–C) groups is 1. The van der Waals surface area contributed by atoms with Gasteiger partial charge < -0.3 is 15.0 Å². The van der Waals surface area contributed by atoms with Crippen LogP contribution in [0.5, 0.6) is 5.88 Å². The third-order valence-electron chi connectivity index (χ3n) is 3.80. The molecule has 1 N–H and O–H groups in total. The molecular formula is C18H28IN5O. The second-order valence-electron chi connectivity index (χ2n) is 5.79. The summed E-state index contributed by atoms with van der Waals surface area (Å²) in [5, 5.41) is 7.93. The first-order valence-corrected chi connectivity index (χ1v) is 8.15. The number of nitrogens with one attached hydrogen (secondary N) is 1. The van der Waals surface area contributed by atoms with Crippen molar-refractivity contribution in [3.05, 3.63) is 47.2 Å². The number of guanidine groups is 1. The first-order chi connectivity index (χ1) is 11.6. The van der Waals surface area contributed by atoms with E-state index < -0.39 is 0 Å². The molecule has 0 bridgehead atoms. The minimum atomic E-state index is 0. The lowest BCUT2D eigenvalue weighted by Crippen LogP contribution is -2.36. The highest BCUT2D eigenvalue weighted by molar-refractivity contribution is 14.0. The predicted octanol–water partition coefficient (Wildman–Crippen LogP) is 2.82. The molecule has 138 valence electrons. The summed E-state index contributed by atoms with van der Waals surface area (Å²) in [6.45, 7) is 3.37. The van der Waals surface area contributed by atoms with Crippen LogP contribution < -0.4 is 10.1 Å². The van der Waals surface area contributed by atoms with Crippen LogP contribution in [0, 0.1) is 0 Å². The van der Waals surface area contributed by atoms with Gasteiger partial charge in [0.25, 0.3) is 0 Å². The van der Waals surface area contributed by atoms with Gasteiger partial charge in [-0.1, -0.05) is 37.3 Å². The van der Waals surface area contributed by atoms with Gasteiger partial charge >= 0.3 is 0 Å². The van der Waals surface area contributed by atoms with Gasteiger partial charge in [0.2, 0.25) is 5.88 Å². The van der Waals surface area contributed by atoms with Crippen molar-refractivity contribution in [2.45, 2.75) is 26.4 Å². The van der Waals surface area contributed by atoms with E-state index in [0.29, 0.717) is 13.1 Å². The SMILES string of the molecule is CCc1nn(C)c(OC)c1CNC(=NCc1ccccc1)N(C)C.I. The van der Waals surface area contributed by atoms with Crippen molar-refractivity contribution in [3.8, 4) is 5.88 Å². The zero-order valence-corrected chi connectivity index (χ0v) is 17.9. The first-order valence-electron chi connectivity index (χ1n) is 8.15. The first kappa shape index (κ1) is 21.3. The van der Waals surface area contributed by atoms with E-state index in [1.165, 1.54) is 5.56 Å². The second kappa shape index (κ2) is 10.3. The molecule has 1 heterocycles. The summed E-state index contributed by atoms with van der Waals surface area (Å²) in [6.07, 6.45) is 0.868. The molecule has 0 aliphatic heterocycles. The highest BCUT2D eigenvalue weighted by Gasteiger charge is 2.16. The number of hydrogen-bond acceptors (Lipinski definition) is 3. The number of nitrogens with zero attached hydrogens (tertiary/aromatic N) is 4. The van der Waals surface area contributed by atoms with Crippen LogP contribution in [-0.4, -0.2) is 41.8 Å². The summed E-state index contributed by atoms with van der Waals surface area (Å²) in [5.41, 5.74) is 3.31. The quantitative estimate of drug-likeness (QED) is 0.412. The van der Waals surface area contributed by atoms with E-state index in [1.54, 1.807) is 11.8 Å². The molecule has 2 aromatic rings. The molecule has 25 heavy (non-hydrogen) atoms. The molecule has 7 heteroatoms. The van der Waals surface area contributed by atoms with Crippen molar-refractivity contribution in [1.82, 2.24) is 20.0 Å². The summed E-state index contributed by atoms with van der Waals surface area (Å²) < 4.78 is 7.27. The van der Waals surface area contributed by atoms with Gasteiger partial charge in [0, 0.05) is 21.1 Å². The number of methoxy groups -OCH3 is 1. The number of ether oxygens (including phenoxy) is 1. The maximum absolute atomic E-state index is 5.49. The Bertz CT molecular complexity index is 682. The Morgan fingerprint density at radius 1 is 1.28 bits per heavy atom. The van der Waals surface area contributed by atoms with E-state index in [9.17, 15) is 0 Å². The lowest BCUT2D eigenvalue weighted by Gasteiger charge is -2.18. The second-order valence-corrected chi connectivity index (χ2v) is 5.79. The number of rotatable bonds is 6. The summed E-state index contributed by atoms with van der Waals surface area (Å²) >= 11 is 0. The van der Waals surface area contributed by atoms with Crippen molar-refractivity contribution in [2.24, 2.45) is 12.0 Å². The summed E-state index contributed by atoms with van der Waals surface area (Å²) in [7, 11) is 7.55. The Labute approximate surface area is 167 Å². The molecule has 0 aliphatic rings. The normalized spacial score (nSPS) is 11.0. The molecule has 0 fully saturated rings. The van der Waals surface area contributed by atoms with Gasteiger partial charge in [0.05, 0.1) is 31.5 Å². The van der Waals surface area contributed by atoms with Gasteiger partial charge in [-0.05, 0) is 12.0 Å². The maximum atomic E-state index is 5.49. The molecule has 0 radical (unpaired) electrons. The number of halogens is 1. The van der Waals surface area contributed by atoms with Crippen molar-refractivity contribution in [1.29, 1.82) is 0 Å². The highest BCUT2D eigenvalue weighted by atomic mass is 127. The van der Waals surface area contributed by atoms with E-state index in [-0.39, 0.29) is 24.0 Å². The molecule has 2 rings (SSSR count). The average molecular weight is 457 g/mol. The van der Waals surface area contributed by atoms with Gasteiger partial charge in [-0.15, -0.1) is 24.0 Å². The Hall–Kier alpha value is -1.77. The summed E-state index contributed by atoms with van der Waals surface area (Å²) in [6, 6.07) is 10.2. The van der Waals surface area contributed by atoms with Crippen LogP contribution in [0.4, 0.5) is 0 Å².